The first-order valence-electron chi connectivity index (χ1n) is 5.38. The fourth-order valence-electron chi connectivity index (χ4n) is 1.45. The molecule has 0 aliphatic heterocycles. The molecule has 0 saturated heterocycles. The summed E-state index contributed by atoms with van der Waals surface area (Å²) in [6.45, 7) is 3.04. The number of hydrogen-bond donors (Lipinski definition) is 3. The Morgan fingerprint density at radius 3 is 2.67 bits per heavy atom. The van der Waals surface area contributed by atoms with Gasteiger partial charge < -0.3 is 15.9 Å². The van der Waals surface area contributed by atoms with E-state index in [0.29, 0.717) is 5.56 Å². The highest BCUT2D eigenvalue weighted by Gasteiger charge is 2.22. The molecule has 0 aromatic heterocycles. The molecule has 100 valence electrons. The van der Waals surface area contributed by atoms with Gasteiger partial charge in [0.2, 0.25) is 0 Å². The second-order valence-corrected chi connectivity index (χ2v) is 5.24. The molecule has 0 radical (unpaired) electrons. The lowest BCUT2D eigenvalue weighted by atomic mass is 10.0. The molecule has 0 bridgehead atoms. The number of aliphatic hydroxyl groups is 2. The van der Waals surface area contributed by atoms with E-state index in [2.05, 4.69) is 0 Å². The van der Waals surface area contributed by atoms with Crippen molar-refractivity contribution in [3.8, 4) is 0 Å². The van der Waals surface area contributed by atoms with Crippen molar-refractivity contribution < 1.29 is 19.4 Å². The minimum absolute atomic E-state index is 0.0133. The SMILES string of the molecule is CC(=O)SCC(O)C(O)c1cc(C)c(N)cc1F. The average molecular weight is 273 g/mol. The highest BCUT2D eigenvalue weighted by molar-refractivity contribution is 8.13. The van der Waals surface area contributed by atoms with Crippen molar-refractivity contribution in [3.63, 3.8) is 0 Å². The third kappa shape index (κ3) is 3.69. The van der Waals surface area contributed by atoms with Crippen LogP contribution in [0.2, 0.25) is 0 Å². The third-order valence-corrected chi connectivity index (χ3v) is 3.44. The minimum atomic E-state index is -1.38. The molecule has 1 aromatic carbocycles. The van der Waals surface area contributed by atoms with Crippen LogP contribution in [-0.2, 0) is 4.79 Å². The van der Waals surface area contributed by atoms with Gasteiger partial charge in [0.05, 0.1) is 6.10 Å². The Labute approximate surface area is 109 Å². The van der Waals surface area contributed by atoms with Crippen LogP contribution < -0.4 is 5.73 Å². The van der Waals surface area contributed by atoms with Crippen molar-refractivity contribution in [3.05, 3.63) is 29.1 Å². The molecule has 0 aliphatic carbocycles. The van der Waals surface area contributed by atoms with E-state index in [0.717, 1.165) is 17.8 Å². The maximum Gasteiger partial charge on any atom is 0.185 e. The van der Waals surface area contributed by atoms with Crippen LogP contribution in [0.3, 0.4) is 0 Å². The van der Waals surface area contributed by atoms with E-state index in [1.165, 1.54) is 13.0 Å². The number of nitrogens with two attached hydrogens (primary N) is 1. The second-order valence-electron chi connectivity index (χ2n) is 4.05. The lowest BCUT2D eigenvalue weighted by molar-refractivity contribution is -0.109. The molecule has 1 rings (SSSR count). The molecule has 0 aliphatic rings. The molecular weight excluding hydrogens is 257 g/mol. The Morgan fingerprint density at radius 2 is 2.11 bits per heavy atom. The van der Waals surface area contributed by atoms with Gasteiger partial charge in [-0.1, -0.05) is 11.8 Å². The van der Waals surface area contributed by atoms with Crippen LogP contribution in [0, 0.1) is 12.7 Å². The molecule has 0 heterocycles. The summed E-state index contributed by atoms with van der Waals surface area (Å²) < 4.78 is 13.6. The molecule has 1 aromatic rings. The van der Waals surface area contributed by atoms with Gasteiger partial charge in [-0.15, -0.1) is 0 Å². The van der Waals surface area contributed by atoms with E-state index in [1.54, 1.807) is 6.92 Å². The first-order valence-corrected chi connectivity index (χ1v) is 6.36. The first-order chi connectivity index (χ1) is 8.32. The summed E-state index contributed by atoms with van der Waals surface area (Å²) in [6, 6.07) is 2.51. The molecule has 2 unspecified atom stereocenters. The fourth-order valence-corrected chi connectivity index (χ4v) is 2.03. The van der Waals surface area contributed by atoms with Crippen LogP contribution in [0.4, 0.5) is 10.1 Å². The van der Waals surface area contributed by atoms with Crippen LogP contribution >= 0.6 is 11.8 Å². The van der Waals surface area contributed by atoms with Gasteiger partial charge in [-0.05, 0) is 24.6 Å². The summed E-state index contributed by atoms with van der Waals surface area (Å²) in [5.41, 5.74) is 6.43. The van der Waals surface area contributed by atoms with Gasteiger partial charge in [0.25, 0.3) is 0 Å². The number of carbonyl (C=O) groups excluding carboxylic acids is 1. The third-order valence-electron chi connectivity index (χ3n) is 2.53. The molecule has 0 fully saturated rings. The highest BCUT2D eigenvalue weighted by Crippen LogP contribution is 2.26. The summed E-state index contributed by atoms with van der Waals surface area (Å²) in [5, 5.41) is 19.4. The average Bonchev–Trinajstić information content (AvgIpc) is 2.29. The number of aryl methyl sites for hydroxylation is 1. The lowest BCUT2D eigenvalue weighted by Gasteiger charge is -2.19. The molecule has 0 saturated carbocycles. The molecular formula is C12H16FNO3S. The zero-order chi connectivity index (χ0) is 13.9. The number of anilines is 1. The number of halogens is 1. The van der Waals surface area contributed by atoms with Crippen molar-refractivity contribution in [2.45, 2.75) is 26.1 Å². The Bertz CT molecular complexity index is 453. The number of nitrogen functional groups attached to an aromatic ring is 1. The van der Waals surface area contributed by atoms with Crippen LogP contribution in [-0.4, -0.2) is 27.2 Å². The summed E-state index contributed by atoms with van der Waals surface area (Å²) in [5.74, 6) is -0.656. The van der Waals surface area contributed by atoms with Crippen LogP contribution in [0.5, 0.6) is 0 Å². The Kier molecular flexibility index (Phi) is 5.13. The highest BCUT2D eigenvalue weighted by atomic mass is 32.2. The number of thioether (sulfide) groups is 1. The molecule has 6 heteroatoms. The van der Waals surface area contributed by atoms with Crippen molar-refractivity contribution in [2.24, 2.45) is 0 Å². The predicted octanol–water partition coefficient (Wildman–Crippen LogP) is 1.39. The van der Waals surface area contributed by atoms with Gasteiger partial charge in [0.15, 0.2) is 5.12 Å². The standard InChI is InChI=1S/C12H16FNO3S/c1-6-3-8(9(13)4-10(6)14)12(17)11(16)5-18-7(2)15/h3-4,11-12,16-17H,5,14H2,1-2H3. The molecule has 0 amide bonds. The molecule has 2 atom stereocenters. The van der Waals surface area contributed by atoms with E-state index in [4.69, 9.17) is 5.73 Å². The van der Waals surface area contributed by atoms with Gasteiger partial charge in [0, 0.05) is 23.9 Å². The van der Waals surface area contributed by atoms with Crippen molar-refractivity contribution in [1.29, 1.82) is 0 Å². The number of hydrogen-bond acceptors (Lipinski definition) is 5. The van der Waals surface area contributed by atoms with Crippen molar-refractivity contribution >= 4 is 22.6 Å². The van der Waals surface area contributed by atoms with Crippen LogP contribution in [0.25, 0.3) is 0 Å². The van der Waals surface area contributed by atoms with E-state index >= 15 is 0 Å². The number of rotatable bonds is 4. The van der Waals surface area contributed by atoms with E-state index in [-0.39, 0.29) is 22.1 Å². The van der Waals surface area contributed by atoms with Crippen LogP contribution in [0.15, 0.2) is 12.1 Å². The summed E-state index contributed by atoms with van der Waals surface area (Å²) in [6.07, 6.45) is -2.59. The van der Waals surface area contributed by atoms with E-state index in [1.807, 2.05) is 0 Å². The normalized spacial score (nSPS) is 14.3. The fraction of sp³-hybridized carbons (Fsp3) is 0.417. The van der Waals surface area contributed by atoms with Gasteiger partial charge in [-0.25, -0.2) is 4.39 Å². The zero-order valence-electron chi connectivity index (χ0n) is 10.2. The second kappa shape index (κ2) is 6.17. The first kappa shape index (κ1) is 14.9. The summed E-state index contributed by atoms with van der Waals surface area (Å²) in [7, 11) is 0. The Hall–Kier alpha value is -1.11. The van der Waals surface area contributed by atoms with Crippen molar-refractivity contribution in [1.82, 2.24) is 0 Å². The molecule has 0 spiro atoms. The minimum Gasteiger partial charge on any atom is -0.398 e. The largest absolute Gasteiger partial charge is 0.398 e. The van der Waals surface area contributed by atoms with E-state index in [9.17, 15) is 19.4 Å². The van der Waals surface area contributed by atoms with Crippen LogP contribution in [0.1, 0.15) is 24.2 Å². The van der Waals surface area contributed by atoms with Gasteiger partial charge in [-0.2, -0.15) is 0 Å². The van der Waals surface area contributed by atoms with Crippen molar-refractivity contribution in [2.75, 3.05) is 11.5 Å². The van der Waals surface area contributed by atoms with Gasteiger partial charge in [0.1, 0.15) is 11.9 Å². The van der Waals surface area contributed by atoms with Gasteiger partial charge >= 0.3 is 0 Å². The monoisotopic (exact) mass is 273 g/mol. The Morgan fingerprint density at radius 1 is 1.50 bits per heavy atom. The Balaban J connectivity index is 2.86. The zero-order valence-corrected chi connectivity index (χ0v) is 11.0. The predicted molar refractivity (Wildman–Crippen MR) is 69.7 cm³/mol. The maximum absolute atomic E-state index is 13.6. The molecule has 4 nitrogen and oxygen atoms in total. The molecule has 4 N–H and O–H groups in total. The van der Waals surface area contributed by atoms with E-state index < -0.39 is 18.0 Å². The molecule has 18 heavy (non-hydrogen) atoms. The van der Waals surface area contributed by atoms with Gasteiger partial charge in [-0.3, -0.25) is 4.79 Å². The number of aliphatic hydroxyl groups excluding tert-OH is 2. The quantitative estimate of drug-likeness (QED) is 0.722. The maximum atomic E-state index is 13.6. The number of benzene rings is 1. The smallest absolute Gasteiger partial charge is 0.185 e. The lowest BCUT2D eigenvalue weighted by Crippen LogP contribution is -2.22. The topological polar surface area (TPSA) is 83.5 Å². The number of carbonyl (C=O) groups is 1. The summed E-state index contributed by atoms with van der Waals surface area (Å²) >= 11 is 0.880. The summed E-state index contributed by atoms with van der Waals surface area (Å²) in [4.78, 5) is 10.8.